The number of carboxylic acids is 1. The Balaban J connectivity index is 1.92. The molecular formula is C23H31NO4. The van der Waals surface area contributed by atoms with Crippen LogP contribution in [0.4, 0.5) is 0 Å². The summed E-state index contributed by atoms with van der Waals surface area (Å²) in [6.07, 6.45) is 2.07. The van der Waals surface area contributed by atoms with E-state index in [1.54, 1.807) is 13.0 Å². The van der Waals surface area contributed by atoms with Crippen molar-refractivity contribution in [2.24, 2.45) is 11.3 Å². The number of hydrogen-bond acceptors (Lipinski definition) is 3. The van der Waals surface area contributed by atoms with Crippen molar-refractivity contribution in [3.63, 3.8) is 0 Å². The first-order valence-corrected chi connectivity index (χ1v) is 9.79. The molecule has 28 heavy (non-hydrogen) atoms. The fourth-order valence-electron chi connectivity index (χ4n) is 3.38. The summed E-state index contributed by atoms with van der Waals surface area (Å²) in [6, 6.07) is 11.4. The summed E-state index contributed by atoms with van der Waals surface area (Å²) in [5.41, 5.74) is 1.18. The van der Waals surface area contributed by atoms with Gasteiger partial charge >= 0.3 is 5.97 Å². The van der Waals surface area contributed by atoms with Crippen LogP contribution in [0.15, 0.2) is 40.8 Å². The Morgan fingerprint density at radius 2 is 1.79 bits per heavy atom. The number of aliphatic carboxylic acids is 1. The van der Waals surface area contributed by atoms with Gasteiger partial charge in [0.05, 0.1) is 11.5 Å². The number of furan rings is 1. The summed E-state index contributed by atoms with van der Waals surface area (Å²) >= 11 is 0. The van der Waals surface area contributed by atoms with Crippen LogP contribution in [0, 0.1) is 18.3 Å². The highest BCUT2D eigenvalue weighted by Gasteiger charge is 2.30. The number of rotatable bonds is 8. The monoisotopic (exact) mass is 385 g/mol. The smallest absolute Gasteiger partial charge is 0.307 e. The van der Waals surface area contributed by atoms with Gasteiger partial charge in [-0.2, -0.15) is 0 Å². The number of amides is 1. The van der Waals surface area contributed by atoms with Crippen LogP contribution in [0.5, 0.6) is 0 Å². The highest BCUT2D eigenvalue weighted by atomic mass is 16.4. The highest BCUT2D eigenvalue weighted by molar-refractivity contribution is 5.96. The van der Waals surface area contributed by atoms with Crippen LogP contribution >= 0.6 is 0 Å². The van der Waals surface area contributed by atoms with Gasteiger partial charge in [-0.05, 0) is 38.2 Å². The molecule has 1 unspecified atom stereocenters. The first-order valence-electron chi connectivity index (χ1n) is 9.79. The Labute approximate surface area is 167 Å². The molecule has 0 radical (unpaired) electrons. The summed E-state index contributed by atoms with van der Waals surface area (Å²) in [6.45, 7) is 9.57. The minimum Gasteiger partial charge on any atom is -0.481 e. The molecule has 1 amide bonds. The average molecular weight is 386 g/mol. The van der Waals surface area contributed by atoms with E-state index >= 15 is 0 Å². The zero-order valence-electron chi connectivity index (χ0n) is 17.4. The van der Waals surface area contributed by atoms with E-state index in [-0.39, 0.29) is 23.3 Å². The van der Waals surface area contributed by atoms with E-state index in [4.69, 9.17) is 4.42 Å². The number of carbonyl (C=O) groups excluding carboxylic acids is 1. The Kier molecular flexibility index (Phi) is 7.05. The zero-order valence-corrected chi connectivity index (χ0v) is 17.4. The average Bonchev–Trinajstić information content (AvgIpc) is 3.00. The maximum absolute atomic E-state index is 12.6. The van der Waals surface area contributed by atoms with Crippen LogP contribution in [0.1, 0.15) is 63.1 Å². The van der Waals surface area contributed by atoms with Crippen LogP contribution in [0.3, 0.4) is 0 Å². The maximum atomic E-state index is 12.6. The SMILES string of the molecule is Cc1oc(-c2ccccc2)cc1C(=O)N[C@H](C)CCCC(C(=O)O)C(C)(C)C. The van der Waals surface area contributed by atoms with Gasteiger partial charge in [0.1, 0.15) is 11.5 Å². The van der Waals surface area contributed by atoms with E-state index in [0.717, 1.165) is 18.4 Å². The summed E-state index contributed by atoms with van der Waals surface area (Å²) in [5.74, 6) is -0.0549. The first kappa shape index (κ1) is 21.7. The van der Waals surface area contributed by atoms with Crippen molar-refractivity contribution in [2.75, 3.05) is 0 Å². The quantitative estimate of drug-likeness (QED) is 0.647. The number of hydrogen-bond donors (Lipinski definition) is 2. The molecule has 0 aliphatic rings. The van der Waals surface area contributed by atoms with Crippen LogP contribution < -0.4 is 5.32 Å². The van der Waals surface area contributed by atoms with E-state index in [0.29, 0.717) is 23.5 Å². The Bertz CT molecular complexity index is 802. The molecule has 2 atom stereocenters. The minimum atomic E-state index is -0.758. The Morgan fingerprint density at radius 3 is 2.36 bits per heavy atom. The van der Waals surface area contributed by atoms with Crippen LogP contribution in [-0.2, 0) is 4.79 Å². The lowest BCUT2D eigenvalue weighted by Gasteiger charge is -2.27. The molecule has 5 nitrogen and oxygen atoms in total. The lowest BCUT2D eigenvalue weighted by Crippen LogP contribution is -2.33. The van der Waals surface area contributed by atoms with Gasteiger partial charge in [-0.15, -0.1) is 0 Å². The number of aryl methyl sites for hydroxylation is 1. The van der Waals surface area contributed by atoms with Crippen molar-refractivity contribution in [2.45, 2.75) is 59.9 Å². The molecule has 152 valence electrons. The normalized spacial score (nSPS) is 13.8. The zero-order chi connectivity index (χ0) is 20.9. The second-order valence-electron chi connectivity index (χ2n) is 8.51. The predicted octanol–water partition coefficient (Wildman–Crippen LogP) is 5.29. The maximum Gasteiger partial charge on any atom is 0.307 e. The number of nitrogens with one attached hydrogen (secondary N) is 1. The van der Waals surface area contributed by atoms with Crippen molar-refractivity contribution in [3.8, 4) is 11.3 Å². The van der Waals surface area contributed by atoms with Gasteiger partial charge in [0.25, 0.3) is 5.91 Å². The third-order valence-electron chi connectivity index (χ3n) is 5.07. The van der Waals surface area contributed by atoms with Crippen molar-refractivity contribution in [1.82, 2.24) is 5.32 Å². The van der Waals surface area contributed by atoms with Gasteiger partial charge in [-0.1, -0.05) is 57.5 Å². The molecular weight excluding hydrogens is 354 g/mol. The summed E-state index contributed by atoms with van der Waals surface area (Å²) in [5, 5.41) is 12.4. The number of carboxylic acid groups (broad SMARTS) is 1. The lowest BCUT2D eigenvalue weighted by molar-refractivity contribution is -0.145. The molecule has 1 heterocycles. The van der Waals surface area contributed by atoms with Crippen molar-refractivity contribution >= 4 is 11.9 Å². The molecule has 0 saturated carbocycles. The predicted molar refractivity (Wildman–Crippen MR) is 110 cm³/mol. The third-order valence-corrected chi connectivity index (χ3v) is 5.07. The minimum absolute atomic E-state index is 0.0450. The fourth-order valence-corrected chi connectivity index (χ4v) is 3.38. The standard InChI is InChI=1S/C23H31NO4/c1-15(10-9-13-19(22(26)27)23(3,4)5)24-21(25)18-14-20(28-16(18)2)17-11-7-6-8-12-17/h6-8,11-12,14-15,19H,9-10,13H2,1-5H3,(H,24,25)(H,26,27)/t15-,19?/m1/s1. The molecule has 0 fully saturated rings. The van der Waals surface area contributed by atoms with Gasteiger partial charge in [-0.25, -0.2) is 0 Å². The molecule has 5 heteroatoms. The number of benzene rings is 1. The molecule has 0 aliphatic heterocycles. The molecule has 2 N–H and O–H groups in total. The molecule has 1 aromatic carbocycles. The molecule has 2 aromatic rings. The van der Waals surface area contributed by atoms with E-state index in [1.165, 1.54) is 0 Å². The lowest BCUT2D eigenvalue weighted by atomic mass is 9.78. The van der Waals surface area contributed by atoms with Gasteiger partial charge in [-0.3, -0.25) is 9.59 Å². The largest absolute Gasteiger partial charge is 0.481 e. The molecule has 0 spiro atoms. The van der Waals surface area contributed by atoms with E-state index in [9.17, 15) is 14.7 Å². The van der Waals surface area contributed by atoms with E-state index < -0.39 is 5.97 Å². The third kappa shape index (κ3) is 5.72. The summed E-state index contributed by atoms with van der Waals surface area (Å²) in [4.78, 5) is 24.1. The van der Waals surface area contributed by atoms with Gasteiger partial charge in [0, 0.05) is 11.6 Å². The van der Waals surface area contributed by atoms with Gasteiger partial charge in [0.15, 0.2) is 0 Å². The van der Waals surface area contributed by atoms with Crippen LogP contribution in [-0.4, -0.2) is 23.0 Å². The van der Waals surface area contributed by atoms with Crippen LogP contribution in [0.25, 0.3) is 11.3 Å². The Morgan fingerprint density at radius 1 is 1.14 bits per heavy atom. The van der Waals surface area contributed by atoms with Crippen molar-refractivity contribution < 1.29 is 19.1 Å². The molecule has 0 saturated heterocycles. The molecule has 2 rings (SSSR count). The summed E-state index contributed by atoms with van der Waals surface area (Å²) < 4.78 is 5.75. The topological polar surface area (TPSA) is 79.5 Å². The number of carbonyl (C=O) groups is 2. The Hall–Kier alpha value is -2.56. The van der Waals surface area contributed by atoms with E-state index in [2.05, 4.69) is 5.32 Å². The second-order valence-corrected chi connectivity index (χ2v) is 8.51. The van der Waals surface area contributed by atoms with Gasteiger partial charge in [0.2, 0.25) is 0 Å². The highest BCUT2D eigenvalue weighted by Crippen LogP contribution is 2.30. The second kappa shape index (κ2) is 9.09. The molecule has 0 aliphatic carbocycles. The summed E-state index contributed by atoms with van der Waals surface area (Å²) in [7, 11) is 0. The first-order chi connectivity index (χ1) is 13.1. The van der Waals surface area contributed by atoms with Crippen molar-refractivity contribution in [3.05, 3.63) is 47.7 Å². The van der Waals surface area contributed by atoms with E-state index in [1.807, 2.05) is 58.0 Å². The molecule has 0 bridgehead atoms. The fraction of sp³-hybridized carbons (Fsp3) is 0.478. The van der Waals surface area contributed by atoms with Crippen LogP contribution in [0.2, 0.25) is 0 Å². The van der Waals surface area contributed by atoms with Gasteiger partial charge < -0.3 is 14.8 Å². The molecule has 1 aromatic heterocycles. The van der Waals surface area contributed by atoms with Crippen molar-refractivity contribution in [1.29, 1.82) is 0 Å².